The van der Waals surface area contributed by atoms with E-state index >= 15 is 0 Å². The van der Waals surface area contributed by atoms with Gasteiger partial charge in [0.1, 0.15) is 0 Å². The fraction of sp³-hybridized carbons (Fsp3) is 0.588. The second-order valence-electron chi connectivity index (χ2n) is 5.43. The van der Waals surface area contributed by atoms with Gasteiger partial charge in [0.15, 0.2) is 5.17 Å². The Labute approximate surface area is 133 Å². The number of nitrogens with zero attached hydrogens (tertiary/aromatic N) is 2. The van der Waals surface area contributed by atoms with Gasteiger partial charge in [-0.2, -0.15) is 0 Å². The van der Waals surface area contributed by atoms with E-state index in [4.69, 9.17) is 4.99 Å². The SMILES string of the molecule is C=C/C=C(C)\C=C/C(C)N=C(SC)N1CCCC(O)CC1. The van der Waals surface area contributed by atoms with Gasteiger partial charge in [-0.1, -0.05) is 48.2 Å². The van der Waals surface area contributed by atoms with Crippen LogP contribution in [0.4, 0.5) is 0 Å². The summed E-state index contributed by atoms with van der Waals surface area (Å²) in [6.45, 7) is 9.74. The molecule has 118 valence electrons. The van der Waals surface area contributed by atoms with Gasteiger partial charge in [0.2, 0.25) is 0 Å². The maximum Gasteiger partial charge on any atom is 0.159 e. The molecule has 2 atom stereocenters. The fourth-order valence-corrected chi connectivity index (χ4v) is 3.00. The highest BCUT2D eigenvalue weighted by Crippen LogP contribution is 2.16. The van der Waals surface area contributed by atoms with Crippen molar-refractivity contribution in [3.63, 3.8) is 0 Å². The first-order valence-corrected chi connectivity index (χ1v) is 8.81. The van der Waals surface area contributed by atoms with Crippen LogP contribution in [0, 0.1) is 0 Å². The Balaban J connectivity index is 2.69. The van der Waals surface area contributed by atoms with E-state index in [-0.39, 0.29) is 12.1 Å². The lowest BCUT2D eigenvalue weighted by Gasteiger charge is -2.23. The molecule has 21 heavy (non-hydrogen) atoms. The van der Waals surface area contributed by atoms with E-state index < -0.39 is 0 Å². The topological polar surface area (TPSA) is 35.8 Å². The zero-order valence-electron chi connectivity index (χ0n) is 13.5. The first-order chi connectivity index (χ1) is 10.1. The quantitative estimate of drug-likeness (QED) is 0.489. The third-order valence-electron chi connectivity index (χ3n) is 3.48. The van der Waals surface area contributed by atoms with Gasteiger partial charge in [0, 0.05) is 13.1 Å². The number of likely N-dealkylation sites (tertiary alicyclic amines) is 1. The zero-order valence-corrected chi connectivity index (χ0v) is 14.3. The number of thioether (sulfide) groups is 1. The van der Waals surface area contributed by atoms with Crippen molar-refractivity contribution in [1.29, 1.82) is 0 Å². The molecule has 0 aromatic heterocycles. The van der Waals surface area contributed by atoms with Crippen LogP contribution >= 0.6 is 11.8 Å². The van der Waals surface area contributed by atoms with Crippen LogP contribution in [0.5, 0.6) is 0 Å². The van der Waals surface area contributed by atoms with Gasteiger partial charge < -0.3 is 10.0 Å². The van der Waals surface area contributed by atoms with Crippen molar-refractivity contribution >= 4 is 16.9 Å². The van der Waals surface area contributed by atoms with Crippen LogP contribution in [0.15, 0.2) is 41.4 Å². The van der Waals surface area contributed by atoms with Crippen molar-refractivity contribution in [3.05, 3.63) is 36.5 Å². The number of aliphatic imine (C=N–C) groups is 1. The van der Waals surface area contributed by atoms with Gasteiger partial charge in [-0.3, -0.25) is 4.99 Å². The van der Waals surface area contributed by atoms with Crippen LogP contribution < -0.4 is 0 Å². The van der Waals surface area contributed by atoms with E-state index in [0.717, 1.165) is 37.5 Å². The molecule has 0 saturated carbocycles. The fourth-order valence-electron chi connectivity index (χ4n) is 2.28. The van der Waals surface area contributed by atoms with Crippen molar-refractivity contribution in [2.75, 3.05) is 19.3 Å². The average molecular weight is 308 g/mol. The number of hydrogen-bond acceptors (Lipinski definition) is 3. The molecule has 0 aromatic rings. The van der Waals surface area contributed by atoms with E-state index in [9.17, 15) is 5.11 Å². The Bertz CT molecular complexity index is 415. The smallest absolute Gasteiger partial charge is 0.159 e. The molecule has 0 bridgehead atoms. The van der Waals surface area contributed by atoms with Crippen molar-refractivity contribution < 1.29 is 5.11 Å². The number of aliphatic hydroxyl groups is 1. The second kappa shape index (κ2) is 9.85. The lowest BCUT2D eigenvalue weighted by molar-refractivity contribution is 0.159. The molecule has 1 heterocycles. The highest BCUT2D eigenvalue weighted by Gasteiger charge is 2.17. The van der Waals surface area contributed by atoms with Crippen molar-refractivity contribution in [2.24, 2.45) is 4.99 Å². The third-order valence-corrected chi connectivity index (χ3v) is 4.21. The number of hydrogen-bond donors (Lipinski definition) is 1. The van der Waals surface area contributed by atoms with E-state index in [1.807, 2.05) is 6.08 Å². The van der Waals surface area contributed by atoms with Crippen molar-refractivity contribution in [2.45, 2.75) is 45.3 Å². The minimum atomic E-state index is -0.151. The predicted molar refractivity (Wildman–Crippen MR) is 94.9 cm³/mol. The van der Waals surface area contributed by atoms with Gasteiger partial charge in [-0.25, -0.2) is 0 Å². The standard InChI is InChI=1S/C17H28N2OS/c1-5-7-14(2)9-10-15(3)18-17(21-4)19-12-6-8-16(20)11-13-19/h5,7,9-10,15-16,20H,1,6,8,11-13H2,2-4H3/b10-9-,14-7-,18-17?. The molecule has 3 nitrogen and oxygen atoms in total. The number of allylic oxidation sites excluding steroid dienone is 4. The predicted octanol–water partition coefficient (Wildman–Crippen LogP) is 3.63. The average Bonchev–Trinajstić information content (AvgIpc) is 2.68. The molecular weight excluding hydrogens is 280 g/mol. The Morgan fingerprint density at radius 2 is 2.19 bits per heavy atom. The molecule has 0 radical (unpaired) electrons. The van der Waals surface area contributed by atoms with Gasteiger partial charge >= 0.3 is 0 Å². The molecule has 0 aliphatic carbocycles. The number of rotatable bonds is 4. The Hall–Kier alpha value is -1.00. The summed E-state index contributed by atoms with van der Waals surface area (Å²) in [5, 5.41) is 10.8. The molecule has 0 aromatic carbocycles. The maximum absolute atomic E-state index is 9.74. The van der Waals surface area contributed by atoms with Crippen molar-refractivity contribution in [1.82, 2.24) is 4.90 Å². The first kappa shape index (κ1) is 18.1. The molecule has 1 aliphatic heterocycles. The van der Waals surface area contributed by atoms with Crippen LogP contribution in [0.1, 0.15) is 33.1 Å². The minimum Gasteiger partial charge on any atom is -0.393 e. The molecule has 0 amide bonds. The number of aliphatic hydroxyl groups excluding tert-OH is 1. The Morgan fingerprint density at radius 3 is 2.86 bits per heavy atom. The highest BCUT2D eigenvalue weighted by atomic mass is 32.2. The van der Waals surface area contributed by atoms with E-state index in [1.165, 1.54) is 5.57 Å². The van der Waals surface area contributed by atoms with Crippen LogP contribution in [0.2, 0.25) is 0 Å². The molecule has 2 unspecified atom stereocenters. The normalized spacial score (nSPS) is 23.2. The maximum atomic E-state index is 9.74. The first-order valence-electron chi connectivity index (χ1n) is 7.59. The van der Waals surface area contributed by atoms with Crippen LogP contribution in [-0.4, -0.2) is 46.7 Å². The van der Waals surface area contributed by atoms with Gasteiger partial charge in [0.05, 0.1) is 12.1 Å². The summed E-state index contributed by atoms with van der Waals surface area (Å²) in [7, 11) is 0. The minimum absolute atomic E-state index is 0.147. The summed E-state index contributed by atoms with van der Waals surface area (Å²) < 4.78 is 0. The van der Waals surface area contributed by atoms with E-state index in [0.29, 0.717) is 0 Å². The summed E-state index contributed by atoms with van der Waals surface area (Å²) in [5.74, 6) is 0. The third kappa shape index (κ3) is 7.00. The van der Waals surface area contributed by atoms with E-state index in [2.05, 4.69) is 43.7 Å². The lowest BCUT2D eigenvalue weighted by atomic mass is 10.2. The second-order valence-corrected chi connectivity index (χ2v) is 6.21. The van der Waals surface area contributed by atoms with Crippen LogP contribution in [0.3, 0.4) is 0 Å². The molecule has 1 N–H and O–H groups in total. The summed E-state index contributed by atoms with van der Waals surface area (Å²) >= 11 is 1.69. The van der Waals surface area contributed by atoms with Crippen LogP contribution in [0.25, 0.3) is 0 Å². The monoisotopic (exact) mass is 308 g/mol. The highest BCUT2D eigenvalue weighted by molar-refractivity contribution is 8.13. The molecule has 1 rings (SSSR count). The molecular formula is C17H28N2OS. The van der Waals surface area contributed by atoms with E-state index in [1.54, 1.807) is 17.8 Å². The van der Waals surface area contributed by atoms with Crippen LogP contribution in [-0.2, 0) is 0 Å². The summed E-state index contributed by atoms with van der Waals surface area (Å²) in [6, 6.07) is 0.147. The largest absolute Gasteiger partial charge is 0.393 e. The molecule has 0 spiro atoms. The summed E-state index contributed by atoms with van der Waals surface area (Å²) in [4.78, 5) is 7.10. The van der Waals surface area contributed by atoms with Gasteiger partial charge in [-0.05, 0) is 39.4 Å². The lowest BCUT2D eigenvalue weighted by Crippen LogP contribution is -2.30. The van der Waals surface area contributed by atoms with Gasteiger partial charge in [-0.15, -0.1) is 0 Å². The molecule has 1 saturated heterocycles. The summed E-state index contributed by atoms with van der Waals surface area (Å²) in [5.41, 5.74) is 1.18. The number of amidine groups is 1. The molecule has 4 heteroatoms. The molecule has 1 fully saturated rings. The van der Waals surface area contributed by atoms with Gasteiger partial charge in [0.25, 0.3) is 0 Å². The summed E-state index contributed by atoms with van der Waals surface area (Å²) in [6.07, 6.45) is 12.7. The zero-order chi connectivity index (χ0) is 15.7. The molecule has 1 aliphatic rings. The Morgan fingerprint density at radius 1 is 1.43 bits per heavy atom. The Kier molecular flexibility index (Phi) is 8.47. The van der Waals surface area contributed by atoms with Crippen molar-refractivity contribution in [3.8, 4) is 0 Å².